The zero-order valence-electron chi connectivity index (χ0n) is 31.2. The number of hydrogen-bond donors (Lipinski definition) is 0. The standard InChI is InChI=1S/C55H37NO/c1-3-15-39(16-4-1)45-19-9-13-25-52(45)56(43-32-27-38(28-33-43)40-29-36-54-49(37-40)48-22-10-14-26-53(48)57-54)44-34-30-42(31-35-44)55(41-17-5-2-6-18-41)50-23-11-7-20-46(50)47-21-8-12-24-51(47)55/h1-37H. The molecule has 2 nitrogen and oxygen atoms in total. The van der Waals surface area contributed by atoms with Crippen molar-refractivity contribution in [3.8, 4) is 33.4 Å². The van der Waals surface area contributed by atoms with Crippen LogP contribution in [0.25, 0.3) is 55.3 Å². The molecule has 10 aromatic rings. The second-order valence-electron chi connectivity index (χ2n) is 14.8. The number of hydrogen-bond acceptors (Lipinski definition) is 2. The number of para-hydroxylation sites is 2. The second kappa shape index (κ2) is 13.4. The van der Waals surface area contributed by atoms with Gasteiger partial charge in [-0.1, -0.05) is 176 Å². The van der Waals surface area contributed by atoms with Gasteiger partial charge in [0, 0.05) is 27.7 Å². The molecular weight excluding hydrogens is 691 g/mol. The molecule has 1 heterocycles. The Hall–Kier alpha value is -7.42. The third kappa shape index (κ3) is 5.26. The molecule has 0 radical (unpaired) electrons. The minimum Gasteiger partial charge on any atom is -0.456 e. The van der Waals surface area contributed by atoms with E-state index >= 15 is 0 Å². The van der Waals surface area contributed by atoms with Crippen LogP contribution in [0.3, 0.4) is 0 Å². The smallest absolute Gasteiger partial charge is 0.135 e. The first kappa shape index (κ1) is 33.0. The normalized spacial score (nSPS) is 12.7. The molecule has 0 N–H and O–H groups in total. The lowest BCUT2D eigenvalue weighted by Crippen LogP contribution is -2.28. The molecule has 9 aromatic carbocycles. The maximum atomic E-state index is 6.14. The highest BCUT2D eigenvalue weighted by Crippen LogP contribution is 2.56. The second-order valence-corrected chi connectivity index (χ2v) is 14.8. The van der Waals surface area contributed by atoms with Crippen molar-refractivity contribution in [3.63, 3.8) is 0 Å². The molecule has 0 aliphatic heterocycles. The molecule has 1 aromatic heterocycles. The number of rotatable bonds is 7. The molecule has 11 rings (SSSR count). The van der Waals surface area contributed by atoms with Crippen molar-refractivity contribution >= 4 is 39.0 Å². The fourth-order valence-corrected chi connectivity index (χ4v) is 9.24. The maximum absolute atomic E-state index is 6.14. The highest BCUT2D eigenvalue weighted by molar-refractivity contribution is 6.06. The van der Waals surface area contributed by atoms with Crippen LogP contribution in [0.5, 0.6) is 0 Å². The molecule has 0 saturated heterocycles. The molecule has 1 aliphatic carbocycles. The lowest BCUT2D eigenvalue weighted by molar-refractivity contribution is 0.669. The van der Waals surface area contributed by atoms with Crippen molar-refractivity contribution in [3.05, 3.63) is 247 Å². The SMILES string of the molecule is c1ccc(-c2ccccc2N(c2ccc(-c3ccc4oc5ccccc5c4c3)cc2)c2ccc(C3(c4ccccc4)c4ccccc4-c4ccccc43)cc2)cc1. The Bertz CT molecular complexity index is 3010. The minimum atomic E-state index is -0.456. The lowest BCUT2D eigenvalue weighted by atomic mass is 9.68. The molecule has 0 unspecified atom stereocenters. The van der Waals surface area contributed by atoms with E-state index in [1.165, 1.54) is 44.5 Å². The molecule has 268 valence electrons. The molecular formula is C55H37NO. The van der Waals surface area contributed by atoms with Gasteiger partial charge in [-0.05, 0) is 98.6 Å². The van der Waals surface area contributed by atoms with Crippen molar-refractivity contribution in [2.24, 2.45) is 0 Å². The summed E-state index contributed by atoms with van der Waals surface area (Å²) in [6.07, 6.45) is 0. The first-order valence-electron chi connectivity index (χ1n) is 19.6. The monoisotopic (exact) mass is 727 g/mol. The first-order valence-corrected chi connectivity index (χ1v) is 19.6. The van der Waals surface area contributed by atoms with Gasteiger partial charge in [0.1, 0.15) is 11.2 Å². The van der Waals surface area contributed by atoms with Gasteiger partial charge in [0.05, 0.1) is 11.1 Å². The predicted molar refractivity (Wildman–Crippen MR) is 237 cm³/mol. The van der Waals surface area contributed by atoms with Crippen LogP contribution in [0.1, 0.15) is 22.3 Å². The Morgan fingerprint density at radius 1 is 0.333 bits per heavy atom. The summed E-state index contributed by atoms with van der Waals surface area (Å²) in [6, 6.07) is 81.3. The van der Waals surface area contributed by atoms with Crippen molar-refractivity contribution in [1.29, 1.82) is 0 Å². The van der Waals surface area contributed by atoms with Gasteiger partial charge in [-0.3, -0.25) is 0 Å². The molecule has 0 bridgehead atoms. The van der Waals surface area contributed by atoms with Crippen LogP contribution in [0.15, 0.2) is 229 Å². The molecule has 0 fully saturated rings. The number of anilines is 3. The summed E-state index contributed by atoms with van der Waals surface area (Å²) < 4.78 is 6.14. The Labute approximate surface area is 332 Å². The number of nitrogens with zero attached hydrogens (tertiary/aromatic N) is 1. The summed E-state index contributed by atoms with van der Waals surface area (Å²) in [4.78, 5) is 2.40. The largest absolute Gasteiger partial charge is 0.456 e. The van der Waals surface area contributed by atoms with Crippen LogP contribution in [0.4, 0.5) is 17.1 Å². The van der Waals surface area contributed by atoms with E-state index in [0.717, 1.165) is 50.1 Å². The van der Waals surface area contributed by atoms with Gasteiger partial charge in [0.15, 0.2) is 0 Å². The van der Waals surface area contributed by atoms with E-state index in [1.54, 1.807) is 0 Å². The van der Waals surface area contributed by atoms with E-state index in [9.17, 15) is 0 Å². The van der Waals surface area contributed by atoms with Gasteiger partial charge in [0.2, 0.25) is 0 Å². The third-order valence-electron chi connectivity index (χ3n) is 11.8. The molecule has 1 aliphatic rings. The molecule has 57 heavy (non-hydrogen) atoms. The van der Waals surface area contributed by atoms with Crippen molar-refractivity contribution in [2.45, 2.75) is 5.41 Å². The number of fused-ring (bicyclic) bond motifs is 6. The van der Waals surface area contributed by atoms with Gasteiger partial charge in [-0.25, -0.2) is 0 Å². The van der Waals surface area contributed by atoms with E-state index < -0.39 is 5.41 Å². The first-order chi connectivity index (χ1) is 28.3. The van der Waals surface area contributed by atoms with Gasteiger partial charge in [0.25, 0.3) is 0 Å². The highest BCUT2D eigenvalue weighted by Gasteiger charge is 2.45. The van der Waals surface area contributed by atoms with E-state index in [1.807, 2.05) is 12.1 Å². The summed E-state index contributed by atoms with van der Waals surface area (Å²) in [5.74, 6) is 0. The average Bonchev–Trinajstić information content (AvgIpc) is 3.81. The lowest BCUT2D eigenvalue weighted by Gasteiger charge is -2.34. The molecule has 0 amide bonds. The van der Waals surface area contributed by atoms with Crippen LogP contribution >= 0.6 is 0 Å². The average molecular weight is 728 g/mol. The predicted octanol–water partition coefficient (Wildman–Crippen LogP) is 14.8. The Morgan fingerprint density at radius 3 is 1.54 bits per heavy atom. The van der Waals surface area contributed by atoms with Crippen LogP contribution < -0.4 is 4.90 Å². The number of furan rings is 1. The quantitative estimate of drug-likeness (QED) is 0.163. The highest BCUT2D eigenvalue weighted by atomic mass is 16.3. The van der Waals surface area contributed by atoms with Crippen molar-refractivity contribution < 1.29 is 4.42 Å². The minimum absolute atomic E-state index is 0.456. The van der Waals surface area contributed by atoms with Gasteiger partial charge >= 0.3 is 0 Å². The van der Waals surface area contributed by atoms with Crippen LogP contribution in [-0.4, -0.2) is 0 Å². The zero-order valence-corrected chi connectivity index (χ0v) is 31.2. The van der Waals surface area contributed by atoms with E-state index in [2.05, 4.69) is 217 Å². The van der Waals surface area contributed by atoms with E-state index in [4.69, 9.17) is 4.42 Å². The van der Waals surface area contributed by atoms with Gasteiger partial charge in [-0.15, -0.1) is 0 Å². The Kier molecular flexibility index (Phi) is 7.75. The summed E-state index contributed by atoms with van der Waals surface area (Å²) in [7, 11) is 0. The van der Waals surface area contributed by atoms with Crippen LogP contribution in [-0.2, 0) is 5.41 Å². The van der Waals surface area contributed by atoms with E-state index in [-0.39, 0.29) is 0 Å². The summed E-state index contributed by atoms with van der Waals surface area (Å²) in [5.41, 5.74) is 17.0. The fourth-order valence-electron chi connectivity index (χ4n) is 9.24. The summed E-state index contributed by atoms with van der Waals surface area (Å²) in [6.45, 7) is 0. The van der Waals surface area contributed by atoms with Gasteiger partial charge in [-0.2, -0.15) is 0 Å². The van der Waals surface area contributed by atoms with Gasteiger partial charge < -0.3 is 9.32 Å². The third-order valence-corrected chi connectivity index (χ3v) is 11.8. The number of benzene rings is 9. The molecule has 0 spiro atoms. The Balaban J connectivity index is 1.06. The molecule has 0 atom stereocenters. The fraction of sp³-hybridized carbons (Fsp3) is 0.0182. The topological polar surface area (TPSA) is 16.4 Å². The van der Waals surface area contributed by atoms with Crippen molar-refractivity contribution in [2.75, 3.05) is 4.90 Å². The Morgan fingerprint density at radius 2 is 0.842 bits per heavy atom. The van der Waals surface area contributed by atoms with Crippen molar-refractivity contribution in [1.82, 2.24) is 0 Å². The maximum Gasteiger partial charge on any atom is 0.135 e. The summed E-state index contributed by atoms with van der Waals surface area (Å²) >= 11 is 0. The summed E-state index contributed by atoms with van der Waals surface area (Å²) in [5, 5.41) is 2.27. The molecule has 2 heteroatoms. The zero-order chi connectivity index (χ0) is 37.8. The van der Waals surface area contributed by atoms with E-state index in [0.29, 0.717) is 0 Å². The molecule has 0 saturated carbocycles. The van der Waals surface area contributed by atoms with Crippen LogP contribution in [0.2, 0.25) is 0 Å². The van der Waals surface area contributed by atoms with Crippen LogP contribution in [0, 0.1) is 0 Å².